The van der Waals surface area contributed by atoms with Crippen molar-refractivity contribution in [2.75, 3.05) is 10.7 Å². The van der Waals surface area contributed by atoms with Crippen molar-refractivity contribution in [3.8, 4) is 0 Å². The summed E-state index contributed by atoms with van der Waals surface area (Å²) in [6, 6.07) is 5.23. The molecule has 0 aliphatic carbocycles. The Morgan fingerprint density at radius 1 is 1.35 bits per heavy atom. The van der Waals surface area contributed by atoms with E-state index in [2.05, 4.69) is 43.3 Å². The number of nitrogens with zero attached hydrogens (tertiary/aromatic N) is 3. The lowest BCUT2D eigenvalue weighted by atomic mass is 10.3. The fourth-order valence-electron chi connectivity index (χ4n) is 1.47. The molecular weight excluding hydrogens is 399 g/mol. The molecule has 2 rings (SSSR count). The van der Waals surface area contributed by atoms with Gasteiger partial charge in [-0.3, -0.25) is 10.1 Å². The molecule has 0 spiro atoms. The molecule has 0 aliphatic rings. The van der Waals surface area contributed by atoms with Gasteiger partial charge in [0.05, 0.1) is 15.6 Å². The van der Waals surface area contributed by atoms with Gasteiger partial charge in [0.15, 0.2) is 0 Å². The second-order valence-corrected chi connectivity index (χ2v) is 5.22. The smallest absolute Gasteiger partial charge is 0.333 e. The third-order valence-corrected chi connectivity index (χ3v) is 3.31. The molecule has 8 nitrogen and oxygen atoms in total. The molecule has 0 atom stereocenters. The number of nitrogen functional groups attached to an aromatic ring is 1. The van der Waals surface area contributed by atoms with Crippen LogP contribution >= 0.6 is 34.2 Å². The third-order valence-electron chi connectivity index (χ3n) is 2.33. The second-order valence-electron chi connectivity index (χ2n) is 3.57. The van der Waals surface area contributed by atoms with Gasteiger partial charge >= 0.3 is 5.69 Å². The summed E-state index contributed by atoms with van der Waals surface area (Å²) in [6.07, 6.45) is 1.16. The van der Waals surface area contributed by atoms with E-state index in [0.717, 1.165) is 9.90 Å². The molecule has 0 aliphatic heterocycles. The SMILES string of the molecule is NNc1ncnc(Nc2ccc(I)cc2Cl)c1[N+](=O)[O-]. The summed E-state index contributed by atoms with van der Waals surface area (Å²) in [5.41, 5.74) is 2.30. The molecule has 0 unspecified atom stereocenters. The molecule has 1 aromatic carbocycles. The van der Waals surface area contributed by atoms with Crippen molar-refractivity contribution < 1.29 is 4.92 Å². The highest BCUT2D eigenvalue weighted by Crippen LogP contribution is 2.33. The number of hydrazine groups is 1. The minimum atomic E-state index is -0.627. The first kappa shape index (κ1) is 14.7. The Hall–Kier alpha value is -1.72. The van der Waals surface area contributed by atoms with E-state index < -0.39 is 4.92 Å². The lowest BCUT2D eigenvalue weighted by Crippen LogP contribution is -2.12. The number of benzene rings is 1. The van der Waals surface area contributed by atoms with E-state index in [9.17, 15) is 10.1 Å². The second kappa shape index (κ2) is 6.15. The maximum atomic E-state index is 11.1. The Kier molecular flexibility index (Phi) is 4.52. The van der Waals surface area contributed by atoms with Gasteiger partial charge in [0.25, 0.3) is 0 Å². The lowest BCUT2D eigenvalue weighted by molar-refractivity contribution is -0.383. The van der Waals surface area contributed by atoms with Crippen molar-refractivity contribution in [3.05, 3.63) is 43.2 Å². The summed E-state index contributed by atoms with van der Waals surface area (Å²) in [7, 11) is 0. The molecule has 0 bridgehead atoms. The van der Waals surface area contributed by atoms with E-state index in [1.165, 1.54) is 0 Å². The normalized spacial score (nSPS) is 10.2. The van der Waals surface area contributed by atoms with Crippen LogP contribution in [0, 0.1) is 13.7 Å². The zero-order valence-electron chi connectivity index (χ0n) is 9.80. The predicted molar refractivity (Wildman–Crippen MR) is 83.9 cm³/mol. The van der Waals surface area contributed by atoms with Crippen LogP contribution in [0.25, 0.3) is 0 Å². The molecule has 0 radical (unpaired) electrons. The van der Waals surface area contributed by atoms with Crippen LogP contribution in [-0.2, 0) is 0 Å². The van der Waals surface area contributed by atoms with Crippen LogP contribution in [0.2, 0.25) is 5.02 Å². The van der Waals surface area contributed by atoms with Gasteiger partial charge in [-0.05, 0) is 40.8 Å². The molecule has 10 heteroatoms. The Balaban J connectivity index is 2.45. The average molecular weight is 407 g/mol. The van der Waals surface area contributed by atoms with Crippen molar-refractivity contribution in [2.45, 2.75) is 0 Å². The lowest BCUT2D eigenvalue weighted by Gasteiger charge is -2.09. The average Bonchev–Trinajstić information content (AvgIpc) is 2.41. The van der Waals surface area contributed by atoms with Gasteiger partial charge in [0, 0.05) is 3.57 Å². The molecular formula is C10H8ClIN6O2. The van der Waals surface area contributed by atoms with Crippen molar-refractivity contribution >= 4 is 57.2 Å². The molecule has 104 valence electrons. The minimum absolute atomic E-state index is 0.000980. The summed E-state index contributed by atoms with van der Waals surface area (Å²) in [6.45, 7) is 0. The van der Waals surface area contributed by atoms with E-state index in [1.807, 2.05) is 6.07 Å². The zero-order chi connectivity index (χ0) is 14.7. The summed E-state index contributed by atoms with van der Waals surface area (Å²) >= 11 is 8.17. The van der Waals surface area contributed by atoms with Crippen LogP contribution < -0.4 is 16.6 Å². The van der Waals surface area contributed by atoms with Crippen LogP contribution in [0.1, 0.15) is 0 Å². The first-order valence-electron chi connectivity index (χ1n) is 5.21. The quantitative estimate of drug-likeness (QED) is 0.309. The van der Waals surface area contributed by atoms with E-state index in [4.69, 9.17) is 17.4 Å². The third kappa shape index (κ3) is 3.05. The van der Waals surface area contributed by atoms with Crippen LogP contribution in [0.15, 0.2) is 24.5 Å². The van der Waals surface area contributed by atoms with Gasteiger partial charge in [0.1, 0.15) is 6.33 Å². The summed E-state index contributed by atoms with van der Waals surface area (Å²) in [4.78, 5) is 18.0. The largest absolute Gasteiger partial charge is 0.354 e. The Bertz CT molecular complexity index is 668. The predicted octanol–water partition coefficient (Wildman–Crippen LogP) is 2.67. The van der Waals surface area contributed by atoms with Gasteiger partial charge in [-0.15, -0.1) is 0 Å². The van der Waals surface area contributed by atoms with Gasteiger partial charge < -0.3 is 10.7 Å². The summed E-state index contributed by atoms with van der Waals surface area (Å²) in [5, 5.41) is 14.3. The first-order valence-corrected chi connectivity index (χ1v) is 6.66. The maximum Gasteiger partial charge on any atom is 0.354 e. The highest BCUT2D eigenvalue weighted by atomic mass is 127. The number of aromatic nitrogens is 2. The maximum absolute atomic E-state index is 11.1. The van der Waals surface area contributed by atoms with Crippen LogP contribution in [-0.4, -0.2) is 14.9 Å². The zero-order valence-corrected chi connectivity index (χ0v) is 12.7. The molecule has 2 aromatic rings. The highest BCUT2D eigenvalue weighted by Gasteiger charge is 2.22. The van der Waals surface area contributed by atoms with E-state index >= 15 is 0 Å². The van der Waals surface area contributed by atoms with Crippen molar-refractivity contribution in [1.29, 1.82) is 0 Å². The molecule has 0 fully saturated rings. The van der Waals surface area contributed by atoms with E-state index in [-0.39, 0.29) is 17.3 Å². The number of hydrogen-bond donors (Lipinski definition) is 3. The molecule has 1 aromatic heterocycles. The standard InChI is InChI=1S/C10H8ClIN6O2/c11-6-3-5(12)1-2-7(6)16-9-8(18(19)20)10(17-13)15-4-14-9/h1-4H,13H2,(H2,14,15,16,17). The minimum Gasteiger partial charge on any atom is -0.333 e. The number of rotatable bonds is 4. The summed E-state index contributed by atoms with van der Waals surface area (Å²) in [5.74, 6) is 5.11. The van der Waals surface area contributed by atoms with E-state index in [1.54, 1.807) is 12.1 Å². The number of nitrogens with two attached hydrogens (primary N) is 1. The van der Waals surface area contributed by atoms with E-state index in [0.29, 0.717) is 10.7 Å². The van der Waals surface area contributed by atoms with Crippen molar-refractivity contribution in [1.82, 2.24) is 9.97 Å². The molecule has 0 amide bonds. The van der Waals surface area contributed by atoms with Gasteiger partial charge in [-0.1, -0.05) is 11.6 Å². The van der Waals surface area contributed by atoms with Crippen LogP contribution in [0.3, 0.4) is 0 Å². The van der Waals surface area contributed by atoms with Crippen molar-refractivity contribution in [2.24, 2.45) is 5.84 Å². The van der Waals surface area contributed by atoms with Crippen LogP contribution in [0.5, 0.6) is 0 Å². The number of nitro groups is 1. The van der Waals surface area contributed by atoms with Crippen LogP contribution in [0.4, 0.5) is 23.0 Å². The monoisotopic (exact) mass is 406 g/mol. The number of nitrogens with one attached hydrogen (secondary N) is 2. The van der Waals surface area contributed by atoms with Crippen molar-refractivity contribution in [3.63, 3.8) is 0 Å². The van der Waals surface area contributed by atoms with Gasteiger partial charge in [0.2, 0.25) is 11.6 Å². The highest BCUT2D eigenvalue weighted by molar-refractivity contribution is 14.1. The van der Waals surface area contributed by atoms with Gasteiger partial charge in [-0.25, -0.2) is 15.8 Å². The fraction of sp³-hybridized carbons (Fsp3) is 0. The number of anilines is 3. The molecule has 1 heterocycles. The Morgan fingerprint density at radius 2 is 2.05 bits per heavy atom. The Morgan fingerprint density at radius 3 is 2.65 bits per heavy atom. The molecule has 0 saturated carbocycles. The molecule has 0 saturated heterocycles. The van der Waals surface area contributed by atoms with Gasteiger partial charge in [-0.2, -0.15) is 0 Å². The molecule has 20 heavy (non-hydrogen) atoms. The summed E-state index contributed by atoms with van der Waals surface area (Å²) < 4.78 is 0.944. The number of hydrogen-bond acceptors (Lipinski definition) is 7. The molecule has 4 N–H and O–H groups in total. The first-order chi connectivity index (χ1) is 9.52. The topological polar surface area (TPSA) is 119 Å². The fourth-order valence-corrected chi connectivity index (χ4v) is 2.37. The number of halogens is 2. The Labute approximate surface area is 132 Å².